The summed E-state index contributed by atoms with van der Waals surface area (Å²) in [5, 5.41) is 8.07. The summed E-state index contributed by atoms with van der Waals surface area (Å²) in [6.45, 7) is 1.42. The Balaban J connectivity index is 1.57. The number of hydrogen-bond donors (Lipinski definition) is 1. The van der Waals surface area contributed by atoms with Crippen LogP contribution in [0.3, 0.4) is 0 Å². The van der Waals surface area contributed by atoms with Crippen LogP contribution < -0.4 is 25.1 Å². The van der Waals surface area contributed by atoms with Crippen LogP contribution in [0.1, 0.15) is 11.4 Å². The van der Waals surface area contributed by atoms with Crippen LogP contribution in [-0.4, -0.2) is 42.6 Å². The van der Waals surface area contributed by atoms with Crippen LogP contribution in [0.5, 0.6) is 17.2 Å². The SMILES string of the molecule is COc1cc(C=Nn2c(C)nc3ccc(Br)cc3c2=O)cc(OC)c1OCC(=O)Nc1ccc(Cl)cc1. The molecule has 0 spiro atoms. The van der Waals surface area contributed by atoms with Gasteiger partial charge in [0.15, 0.2) is 18.1 Å². The summed E-state index contributed by atoms with van der Waals surface area (Å²) in [5.74, 6) is 0.956. The Morgan fingerprint density at radius 3 is 2.43 bits per heavy atom. The normalized spacial score (nSPS) is 11.1. The van der Waals surface area contributed by atoms with E-state index in [1.807, 2.05) is 6.07 Å². The molecule has 1 aromatic heterocycles. The third-order valence-corrected chi connectivity index (χ3v) is 6.00. The average molecular weight is 586 g/mol. The Hall–Kier alpha value is -3.89. The predicted molar refractivity (Wildman–Crippen MR) is 147 cm³/mol. The van der Waals surface area contributed by atoms with Crippen molar-refractivity contribution in [3.8, 4) is 17.2 Å². The van der Waals surface area contributed by atoms with Gasteiger partial charge < -0.3 is 19.5 Å². The van der Waals surface area contributed by atoms with E-state index in [1.54, 1.807) is 55.5 Å². The maximum absolute atomic E-state index is 13.0. The molecule has 0 bridgehead atoms. The van der Waals surface area contributed by atoms with Crippen molar-refractivity contribution in [2.45, 2.75) is 6.92 Å². The molecule has 1 N–H and O–H groups in total. The summed E-state index contributed by atoms with van der Waals surface area (Å²) in [7, 11) is 2.94. The van der Waals surface area contributed by atoms with Crippen LogP contribution in [0.25, 0.3) is 10.9 Å². The van der Waals surface area contributed by atoms with E-state index in [9.17, 15) is 9.59 Å². The molecule has 37 heavy (non-hydrogen) atoms. The molecule has 1 amide bonds. The highest BCUT2D eigenvalue weighted by molar-refractivity contribution is 9.10. The van der Waals surface area contributed by atoms with Crippen molar-refractivity contribution in [3.05, 3.63) is 85.8 Å². The van der Waals surface area contributed by atoms with Crippen LogP contribution in [0, 0.1) is 6.92 Å². The molecule has 1 heterocycles. The third-order valence-electron chi connectivity index (χ3n) is 5.25. The second kappa shape index (κ2) is 11.4. The van der Waals surface area contributed by atoms with Crippen molar-refractivity contribution in [1.82, 2.24) is 9.66 Å². The molecule has 0 atom stereocenters. The summed E-state index contributed by atoms with van der Waals surface area (Å²) < 4.78 is 18.6. The van der Waals surface area contributed by atoms with E-state index in [2.05, 4.69) is 31.3 Å². The van der Waals surface area contributed by atoms with Gasteiger partial charge in [-0.3, -0.25) is 9.59 Å². The molecule has 0 aliphatic carbocycles. The molecule has 0 saturated carbocycles. The van der Waals surface area contributed by atoms with Crippen LogP contribution in [-0.2, 0) is 4.79 Å². The lowest BCUT2D eigenvalue weighted by atomic mass is 10.2. The number of hydrogen-bond acceptors (Lipinski definition) is 7. The largest absolute Gasteiger partial charge is 0.493 e. The van der Waals surface area contributed by atoms with E-state index >= 15 is 0 Å². The Morgan fingerprint density at radius 1 is 1.11 bits per heavy atom. The van der Waals surface area contributed by atoms with Crippen molar-refractivity contribution < 1.29 is 19.0 Å². The number of carbonyl (C=O) groups is 1. The van der Waals surface area contributed by atoms with Gasteiger partial charge in [-0.05, 0) is 61.5 Å². The monoisotopic (exact) mass is 584 g/mol. The molecule has 0 aliphatic rings. The fourth-order valence-electron chi connectivity index (χ4n) is 3.51. The Bertz CT molecular complexity index is 1530. The lowest BCUT2D eigenvalue weighted by Gasteiger charge is -2.15. The standard InChI is InChI=1S/C26H22BrClN4O5/c1-15-30-21-9-4-17(27)12-20(21)26(34)32(15)29-13-16-10-22(35-2)25(23(11-16)36-3)37-14-24(33)31-19-7-5-18(28)6-8-19/h4-13H,14H2,1-3H3,(H,31,33). The highest BCUT2D eigenvalue weighted by Crippen LogP contribution is 2.38. The number of methoxy groups -OCH3 is 2. The average Bonchev–Trinajstić information content (AvgIpc) is 2.89. The number of benzene rings is 3. The van der Waals surface area contributed by atoms with E-state index in [0.29, 0.717) is 44.5 Å². The van der Waals surface area contributed by atoms with E-state index in [1.165, 1.54) is 25.1 Å². The molecule has 0 saturated heterocycles. The number of halogens is 2. The number of nitrogens with one attached hydrogen (secondary N) is 1. The molecular weight excluding hydrogens is 564 g/mol. The maximum Gasteiger partial charge on any atom is 0.282 e. The highest BCUT2D eigenvalue weighted by Gasteiger charge is 2.16. The van der Waals surface area contributed by atoms with Gasteiger partial charge in [0.2, 0.25) is 5.75 Å². The molecule has 11 heteroatoms. The van der Waals surface area contributed by atoms with E-state index in [0.717, 1.165) is 4.47 Å². The van der Waals surface area contributed by atoms with Gasteiger partial charge >= 0.3 is 0 Å². The van der Waals surface area contributed by atoms with Crippen LogP contribution in [0.15, 0.2) is 69.0 Å². The number of rotatable bonds is 8. The van der Waals surface area contributed by atoms with Crippen LogP contribution in [0.4, 0.5) is 5.69 Å². The van der Waals surface area contributed by atoms with E-state index < -0.39 is 0 Å². The second-order valence-corrected chi connectivity index (χ2v) is 9.13. The Labute approximate surface area is 225 Å². The van der Waals surface area contributed by atoms with Gasteiger partial charge in [0, 0.05) is 20.7 Å². The molecule has 0 unspecified atom stereocenters. The lowest BCUT2D eigenvalue weighted by Crippen LogP contribution is -2.21. The van der Waals surface area contributed by atoms with Crippen molar-refractivity contribution in [2.24, 2.45) is 5.10 Å². The number of aryl methyl sites for hydroxylation is 1. The summed E-state index contributed by atoms with van der Waals surface area (Å²) in [6, 6.07) is 15.3. The molecule has 0 fully saturated rings. The van der Waals surface area contributed by atoms with Crippen molar-refractivity contribution in [2.75, 3.05) is 26.1 Å². The predicted octanol–water partition coefficient (Wildman–Crippen LogP) is 5.04. The Kier molecular flexibility index (Phi) is 8.10. The summed E-state index contributed by atoms with van der Waals surface area (Å²) in [5.41, 5.74) is 1.45. The summed E-state index contributed by atoms with van der Waals surface area (Å²) in [6.07, 6.45) is 1.49. The van der Waals surface area contributed by atoms with Crippen molar-refractivity contribution in [3.63, 3.8) is 0 Å². The smallest absolute Gasteiger partial charge is 0.282 e. The minimum Gasteiger partial charge on any atom is -0.493 e. The lowest BCUT2D eigenvalue weighted by molar-refractivity contribution is -0.118. The molecule has 4 aromatic rings. The highest BCUT2D eigenvalue weighted by atomic mass is 79.9. The molecule has 4 rings (SSSR count). The van der Waals surface area contributed by atoms with Gasteiger partial charge in [-0.25, -0.2) is 4.98 Å². The summed E-state index contributed by atoms with van der Waals surface area (Å²) in [4.78, 5) is 29.8. The minimum absolute atomic E-state index is 0.249. The summed E-state index contributed by atoms with van der Waals surface area (Å²) >= 11 is 9.25. The fourth-order valence-corrected chi connectivity index (χ4v) is 3.99. The number of nitrogens with zero attached hydrogens (tertiary/aromatic N) is 3. The molecule has 9 nitrogen and oxygen atoms in total. The number of aromatic nitrogens is 2. The van der Waals surface area contributed by atoms with Crippen LogP contribution >= 0.6 is 27.5 Å². The fraction of sp³-hybridized carbons (Fsp3) is 0.154. The number of anilines is 1. The second-order valence-electron chi connectivity index (χ2n) is 7.78. The molecular formula is C26H22BrClN4O5. The number of carbonyl (C=O) groups excluding carboxylic acids is 1. The van der Waals surface area contributed by atoms with Gasteiger partial charge in [-0.2, -0.15) is 9.78 Å². The zero-order chi connectivity index (χ0) is 26.5. The molecule has 3 aromatic carbocycles. The number of amides is 1. The first-order valence-corrected chi connectivity index (χ1v) is 12.1. The first kappa shape index (κ1) is 26.2. The molecule has 0 radical (unpaired) electrons. The van der Waals surface area contributed by atoms with Gasteiger partial charge in [0.05, 0.1) is 31.3 Å². The van der Waals surface area contributed by atoms with Gasteiger partial charge in [0.25, 0.3) is 11.5 Å². The zero-order valence-electron chi connectivity index (χ0n) is 20.1. The third kappa shape index (κ3) is 6.10. The maximum atomic E-state index is 13.0. The zero-order valence-corrected chi connectivity index (χ0v) is 22.5. The first-order valence-electron chi connectivity index (χ1n) is 11.0. The number of ether oxygens (including phenoxy) is 3. The first-order chi connectivity index (χ1) is 17.8. The van der Waals surface area contributed by atoms with E-state index in [4.69, 9.17) is 25.8 Å². The van der Waals surface area contributed by atoms with Gasteiger partial charge in [0.1, 0.15) is 5.82 Å². The van der Waals surface area contributed by atoms with Crippen molar-refractivity contribution in [1.29, 1.82) is 0 Å². The van der Waals surface area contributed by atoms with Crippen LogP contribution in [0.2, 0.25) is 5.02 Å². The molecule has 0 aliphatic heterocycles. The van der Waals surface area contributed by atoms with E-state index in [-0.39, 0.29) is 23.8 Å². The minimum atomic E-state index is -0.373. The Morgan fingerprint density at radius 2 is 1.78 bits per heavy atom. The molecule has 190 valence electrons. The number of fused-ring (bicyclic) bond motifs is 1. The quantitative estimate of drug-likeness (QED) is 0.291. The van der Waals surface area contributed by atoms with Crippen molar-refractivity contribution >= 4 is 56.2 Å². The topological polar surface area (TPSA) is 104 Å². The van der Waals surface area contributed by atoms with Gasteiger partial charge in [-0.1, -0.05) is 27.5 Å². The van der Waals surface area contributed by atoms with Gasteiger partial charge in [-0.15, -0.1) is 0 Å².